The summed E-state index contributed by atoms with van der Waals surface area (Å²) in [5.41, 5.74) is 4.44. The van der Waals surface area contributed by atoms with E-state index in [-0.39, 0.29) is 0 Å². The van der Waals surface area contributed by atoms with Gasteiger partial charge in [0.15, 0.2) is 0 Å². The first-order chi connectivity index (χ1) is 6.75. The highest BCUT2D eigenvalue weighted by molar-refractivity contribution is 9.11. The molecule has 3 aliphatic rings. The number of fused-ring (bicyclic) bond motifs is 2. The lowest BCUT2D eigenvalue weighted by molar-refractivity contribution is 0.583. The molecule has 0 radical (unpaired) electrons. The van der Waals surface area contributed by atoms with Gasteiger partial charge < -0.3 is 0 Å². The van der Waals surface area contributed by atoms with Gasteiger partial charge in [0.1, 0.15) is 0 Å². The summed E-state index contributed by atoms with van der Waals surface area (Å²) in [6.07, 6.45) is 11.6. The third-order valence-electron chi connectivity index (χ3n) is 3.42. The summed E-state index contributed by atoms with van der Waals surface area (Å²) in [5.74, 6) is 1.53. The summed E-state index contributed by atoms with van der Waals surface area (Å²) in [6, 6.07) is 0. The van der Waals surface area contributed by atoms with Gasteiger partial charge in [-0.1, -0.05) is 52.7 Å². The van der Waals surface area contributed by atoms with Gasteiger partial charge in [0.25, 0.3) is 0 Å². The average molecular weight is 249 g/mol. The summed E-state index contributed by atoms with van der Waals surface area (Å²) >= 11 is 3.78. The van der Waals surface area contributed by atoms with Crippen LogP contribution in [-0.2, 0) is 0 Å². The van der Waals surface area contributed by atoms with Crippen LogP contribution in [0.4, 0.5) is 0 Å². The molecule has 0 bridgehead atoms. The summed E-state index contributed by atoms with van der Waals surface area (Å²) < 4.78 is 1.42. The highest BCUT2D eigenvalue weighted by Crippen LogP contribution is 2.48. The second-order valence-corrected chi connectivity index (χ2v) is 5.41. The monoisotopic (exact) mass is 248 g/mol. The summed E-state index contributed by atoms with van der Waals surface area (Å²) in [6.45, 7) is 2.35. The molecule has 72 valence electrons. The lowest BCUT2D eigenvalue weighted by atomic mass is 9.90. The Morgan fingerprint density at radius 3 is 3.14 bits per heavy atom. The standard InChI is InChI=1S/C13H13Br/c1-8-5-10-7-9-3-2-4-11(9)13(14)12(10)6-8/h2-4,7-8,12H,5-6H2,1H3. The van der Waals surface area contributed by atoms with Crippen LogP contribution in [-0.4, -0.2) is 0 Å². The highest BCUT2D eigenvalue weighted by Gasteiger charge is 2.33. The van der Waals surface area contributed by atoms with Crippen molar-refractivity contribution in [3.05, 3.63) is 45.5 Å². The smallest absolute Gasteiger partial charge is 0.0127 e. The molecule has 0 aromatic rings. The largest absolute Gasteiger partial charge is 0.0622 e. The topological polar surface area (TPSA) is 0 Å². The molecule has 0 aromatic heterocycles. The normalized spacial score (nSPS) is 34.1. The zero-order valence-corrected chi connectivity index (χ0v) is 9.84. The van der Waals surface area contributed by atoms with Crippen LogP contribution >= 0.6 is 15.9 Å². The van der Waals surface area contributed by atoms with E-state index in [0.29, 0.717) is 5.92 Å². The Hall–Kier alpha value is -0.560. The van der Waals surface area contributed by atoms with Gasteiger partial charge in [-0.15, -0.1) is 0 Å². The fraction of sp³-hybridized carbons (Fsp3) is 0.385. The molecule has 0 N–H and O–H groups in total. The van der Waals surface area contributed by atoms with Crippen molar-refractivity contribution in [3.63, 3.8) is 0 Å². The molecule has 14 heavy (non-hydrogen) atoms. The molecule has 0 spiro atoms. The highest BCUT2D eigenvalue weighted by atomic mass is 79.9. The molecule has 0 nitrogen and oxygen atoms in total. The molecule has 2 atom stereocenters. The van der Waals surface area contributed by atoms with Crippen LogP contribution in [0.3, 0.4) is 0 Å². The molecular formula is C13H13Br. The molecular weight excluding hydrogens is 236 g/mol. The third kappa shape index (κ3) is 1.12. The third-order valence-corrected chi connectivity index (χ3v) is 4.40. The lowest BCUT2D eigenvalue weighted by Gasteiger charge is -2.20. The van der Waals surface area contributed by atoms with E-state index in [9.17, 15) is 0 Å². The Kier molecular flexibility index (Phi) is 1.85. The van der Waals surface area contributed by atoms with Crippen molar-refractivity contribution in [2.24, 2.45) is 11.8 Å². The molecule has 1 fully saturated rings. The second kappa shape index (κ2) is 2.96. The number of hydrogen-bond donors (Lipinski definition) is 0. The van der Waals surface area contributed by atoms with Crippen molar-refractivity contribution in [1.29, 1.82) is 0 Å². The Morgan fingerprint density at radius 1 is 1.43 bits per heavy atom. The number of rotatable bonds is 0. The van der Waals surface area contributed by atoms with Crippen LogP contribution in [0.2, 0.25) is 0 Å². The zero-order chi connectivity index (χ0) is 9.71. The van der Waals surface area contributed by atoms with Gasteiger partial charge in [0.05, 0.1) is 0 Å². The lowest BCUT2D eigenvalue weighted by Crippen LogP contribution is -2.05. The molecule has 0 aliphatic heterocycles. The van der Waals surface area contributed by atoms with E-state index in [1.54, 1.807) is 5.57 Å². The van der Waals surface area contributed by atoms with E-state index in [1.807, 2.05) is 0 Å². The average Bonchev–Trinajstić information content (AvgIpc) is 2.71. The Labute approximate surface area is 93.2 Å². The summed E-state index contributed by atoms with van der Waals surface area (Å²) in [4.78, 5) is 0. The van der Waals surface area contributed by atoms with E-state index in [0.717, 1.165) is 5.92 Å². The van der Waals surface area contributed by atoms with Crippen molar-refractivity contribution in [2.45, 2.75) is 19.8 Å². The van der Waals surface area contributed by atoms with Crippen molar-refractivity contribution in [1.82, 2.24) is 0 Å². The zero-order valence-electron chi connectivity index (χ0n) is 8.26. The SMILES string of the molecule is CC1CC2=CC3=CC=CC3=C(Br)C2C1. The Balaban J connectivity index is 2.09. The molecule has 2 unspecified atom stereocenters. The minimum atomic E-state index is 0.680. The van der Waals surface area contributed by atoms with Crippen LogP contribution in [0, 0.1) is 11.8 Å². The number of allylic oxidation sites excluding steroid dienone is 8. The van der Waals surface area contributed by atoms with Crippen LogP contribution in [0.25, 0.3) is 0 Å². The van der Waals surface area contributed by atoms with Gasteiger partial charge in [-0.05, 0) is 29.9 Å². The summed E-state index contributed by atoms with van der Waals surface area (Å²) in [5, 5.41) is 0. The van der Waals surface area contributed by atoms with Crippen LogP contribution in [0.5, 0.6) is 0 Å². The number of halogens is 1. The fourth-order valence-corrected chi connectivity index (χ4v) is 3.61. The molecule has 0 saturated heterocycles. The van der Waals surface area contributed by atoms with E-state index in [4.69, 9.17) is 0 Å². The summed E-state index contributed by atoms with van der Waals surface area (Å²) in [7, 11) is 0. The maximum atomic E-state index is 3.78. The van der Waals surface area contributed by atoms with E-state index >= 15 is 0 Å². The Bertz CT molecular complexity index is 407. The van der Waals surface area contributed by atoms with Crippen LogP contribution in [0.15, 0.2) is 45.5 Å². The van der Waals surface area contributed by atoms with Gasteiger partial charge in [-0.3, -0.25) is 0 Å². The molecule has 1 saturated carbocycles. The van der Waals surface area contributed by atoms with Crippen molar-refractivity contribution in [2.75, 3.05) is 0 Å². The first-order valence-electron chi connectivity index (χ1n) is 5.24. The molecule has 3 rings (SSSR count). The van der Waals surface area contributed by atoms with E-state index in [2.05, 4.69) is 47.2 Å². The predicted octanol–water partition coefficient (Wildman–Crippen LogP) is 4.12. The molecule has 0 aromatic carbocycles. The maximum Gasteiger partial charge on any atom is 0.0127 e. The molecule has 1 heteroatoms. The quantitative estimate of drug-likeness (QED) is 0.605. The van der Waals surface area contributed by atoms with Crippen LogP contribution in [0.1, 0.15) is 19.8 Å². The Morgan fingerprint density at radius 2 is 2.29 bits per heavy atom. The van der Waals surface area contributed by atoms with E-state index in [1.165, 1.54) is 28.5 Å². The predicted molar refractivity (Wildman–Crippen MR) is 63.1 cm³/mol. The van der Waals surface area contributed by atoms with Crippen LogP contribution < -0.4 is 0 Å². The van der Waals surface area contributed by atoms with Gasteiger partial charge >= 0.3 is 0 Å². The fourth-order valence-electron chi connectivity index (χ4n) is 2.77. The molecule has 0 amide bonds. The number of hydrogen-bond acceptors (Lipinski definition) is 0. The van der Waals surface area contributed by atoms with Crippen molar-refractivity contribution in [3.8, 4) is 0 Å². The molecule has 3 aliphatic carbocycles. The van der Waals surface area contributed by atoms with Crippen molar-refractivity contribution >= 4 is 15.9 Å². The second-order valence-electron chi connectivity index (χ2n) is 4.56. The first kappa shape index (κ1) is 8.72. The van der Waals surface area contributed by atoms with Gasteiger partial charge in [-0.2, -0.15) is 0 Å². The van der Waals surface area contributed by atoms with Gasteiger partial charge in [0.2, 0.25) is 0 Å². The molecule has 0 heterocycles. The minimum Gasteiger partial charge on any atom is -0.0622 e. The van der Waals surface area contributed by atoms with Gasteiger partial charge in [-0.25, -0.2) is 0 Å². The maximum absolute atomic E-state index is 3.78. The van der Waals surface area contributed by atoms with Crippen molar-refractivity contribution < 1.29 is 0 Å². The first-order valence-corrected chi connectivity index (χ1v) is 6.04. The van der Waals surface area contributed by atoms with E-state index < -0.39 is 0 Å². The minimum absolute atomic E-state index is 0.680. The van der Waals surface area contributed by atoms with Gasteiger partial charge in [0, 0.05) is 10.4 Å².